The zero-order valence-corrected chi connectivity index (χ0v) is 13.8. The minimum absolute atomic E-state index is 0.0988. The van der Waals surface area contributed by atoms with Gasteiger partial charge < -0.3 is 15.4 Å². The fourth-order valence-corrected chi connectivity index (χ4v) is 2.27. The van der Waals surface area contributed by atoms with Crippen LogP contribution in [0.2, 0.25) is 0 Å². The average Bonchev–Trinajstić information content (AvgIpc) is 3.31. The summed E-state index contributed by atoms with van der Waals surface area (Å²) in [5.41, 5.74) is 0. The molecule has 0 aromatic carbocycles. The van der Waals surface area contributed by atoms with Gasteiger partial charge in [0.05, 0.1) is 13.0 Å². The second-order valence-electron chi connectivity index (χ2n) is 6.32. The summed E-state index contributed by atoms with van der Waals surface area (Å²) in [6.07, 6.45) is 3.61. The Morgan fingerprint density at radius 3 is 2.41 bits per heavy atom. The molecule has 0 saturated heterocycles. The van der Waals surface area contributed by atoms with Crippen molar-refractivity contribution >= 4 is 17.8 Å². The fourth-order valence-electron chi connectivity index (χ4n) is 2.27. The largest absolute Gasteiger partial charge is 0.469 e. The summed E-state index contributed by atoms with van der Waals surface area (Å²) in [6.45, 7) is 4.88. The zero-order valence-electron chi connectivity index (χ0n) is 13.8. The van der Waals surface area contributed by atoms with Gasteiger partial charge in [0.1, 0.15) is 0 Å². The van der Waals surface area contributed by atoms with Crippen LogP contribution < -0.4 is 10.6 Å². The molecule has 2 N–H and O–H groups in total. The van der Waals surface area contributed by atoms with Gasteiger partial charge in [0.25, 0.3) is 0 Å². The number of rotatable bonds is 10. The number of amides is 2. The van der Waals surface area contributed by atoms with Gasteiger partial charge in [0.2, 0.25) is 11.8 Å². The van der Waals surface area contributed by atoms with Gasteiger partial charge in [-0.05, 0) is 31.6 Å². The second kappa shape index (κ2) is 9.43. The lowest BCUT2D eigenvalue weighted by Gasteiger charge is -2.17. The Morgan fingerprint density at radius 1 is 1.18 bits per heavy atom. The predicted octanol–water partition coefficient (Wildman–Crippen LogP) is 1.24. The van der Waals surface area contributed by atoms with Crippen LogP contribution in [0.25, 0.3) is 0 Å². The Morgan fingerprint density at radius 2 is 1.86 bits per heavy atom. The summed E-state index contributed by atoms with van der Waals surface area (Å²) in [5.74, 6) is -0.0278. The van der Waals surface area contributed by atoms with Crippen molar-refractivity contribution in [2.75, 3.05) is 20.2 Å². The topological polar surface area (TPSA) is 84.5 Å². The van der Waals surface area contributed by atoms with E-state index in [1.807, 2.05) is 13.8 Å². The van der Waals surface area contributed by atoms with Crippen LogP contribution in [0.5, 0.6) is 0 Å². The predicted molar refractivity (Wildman–Crippen MR) is 82.9 cm³/mol. The van der Waals surface area contributed by atoms with Gasteiger partial charge >= 0.3 is 5.97 Å². The highest BCUT2D eigenvalue weighted by Gasteiger charge is 2.29. The molecule has 1 fully saturated rings. The molecule has 126 valence electrons. The molecule has 6 heteroatoms. The average molecular weight is 312 g/mol. The van der Waals surface area contributed by atoms with Crippen molar-refractivity contribution in [2.45, 2.75) is 46.0 Å². The van der Waals surface area contributed by atoms with Crippen molar-refractivity contribution in [3.8, 4) is 0 Å². The SMILES string of the molecule is COC(=O)[C@H](CNC(=O)CCCNC(=O)C1CC1)CC(C)C. The number of hydrogen-bond acceptors (Lipinski definition) is 4. The van der Waals surface area contributed by atoms with Crippen LogP contribution in [0, 0.1) is 17.8 Å². The standard InChI is InChI=1S/C16H28N2O4/c1-11(2)9-13(16(21)22-3)10-18-14(19)5-4-8-17-15(20)12-6-7-12/h11-13H,4-10H2,1-3H3,(H,17,20)(H,18,19)/t13-/m0/s1. The molecule has 0 bridgehead atoms. The highest BCUT2D eigenvalue weighted by Crippen LogP contribution is 2.28. The van der Waals surface area contributed by atoms with Gasteiger partial charge in [-0.2, -0.15) is 0 Å². The Labute approximate surface area is 132 Å². The minimum atomic E-state index is -0.302. The van der Waals surface area contributed by atoms with Gasteiger partial charge in [0.15, 0.2) is 0 Å². The van der Waals surface area contributed by atoms with Crippen LogP contribution >= 0.6 is 0 Å². The van der Waals surface area contributed by atoms with E-state index in [0.29, 0.717) is 38.3 Å². The first-order chi connectivity index (χ1) is 10.4. The molecule has 22 heavy (non-hydrogen) atoms. The van der Waals surface area contributed by atoms with Crippen molar-refractivity contribution in [3.63, 3.8) is 0 Å². The number of carbonyl (C=O) groups excluding carboxylic acids is 3. The van der Waals surface area contributed by atoms with Crippen molar-refractivity contribution in [1.82, 2.24) is 10.6 Å². The maximum absolute atomic E-state index is 11.8. The summed E-state index contributed by atoms with van der Waals surface area (Å²) >= 11 is 0. The second-order valence-corrected chi connectivity index (χ2v) is 6.32. The molecule has 0 spiro atoms. The molecule has 1 atom stereocenters. The minimum Gasteiger partial charge on any atom is -0.469 e. The third kappa shape index (κ3) is 7.43. The van der Waals surface area contributed by atoms with Crippen molar-refractivity contribution in [1.29, 1.82) is 0 Å². The van der Waals surface area contributed by atoms with Crippen molar-refractivity contribution in [3.05, 3.63) is 0 Å². The van der Waals surface area contributed by atoms with E-state index in [2.05, 4.69) is 10.6 Å². The Balaban J connectivity index is 2.16. The lowest BCUT2D eigenvalue weighted by Crippen LogP contribution is -2.34. The third-order valence-corrected chi connectivity index (χ3v) is 3.66. The summed E-state index contributed by atoms with van der Waals surface area (Å²) in [4.78, 5) is 34.8. The number of methoxy groups -OCH3 is 1. The smallest absolute Gasteiger partial charge is 0.310 e. The first kappa shape index (κ1) is 18.5. The van der Waals surface area contributed by atoms with Gasteiger partial charge in [-0.1, -0.05) is 13.8 Å². The van der Waals surface area contributed by atoms with Crippen LogP contribution in [0.1, 0.15) is 46.0 Å². The molecule has 1 aliphatic rings. The number of carbonyl (C=O) groups is 3. The maximum Gasteiger partial charge on any atom is 0.310 e. The Hall–Kier alpha value is -1.59. The first-order valence-corrected chi connectivity index (χ1v) is 8.06. The third-order valence-electron chi connectivity index (χ3n) is 3.66. The van der Waals surface area contributed by atoms with Crippen LogP contribution in [-0.4, -0.2) is 38.0 Å². The van der Waals surface area contributed by atoms with Crippen molar-refractivity contribution < 1.29 is 19.1 Å². The summed E-state index contributed by atoms with van der Waals surface area (Å²) in [5, 5.41) is 5.60. The van der Waals surface area contributed by atoms with Crippen LogP contribution in [0.4, 0.5) is 0 Å². The monoisotopic (exact) mass is 312 g/mol. The normalized spacial score (nSPS) is 15.3. The lowest BCUT2D eigenvalue weighted by atomic mass is 9.97. The molecule has 2 amide bonds. The Bertz CT molecular complexity index is 392. The Kier molecular flexibility index (Phi) is 7.91. The van der Waals surface area contributed by atoms with E-state index in [0.717, 1.165) is 12.8 Å². The molecule has 0 aliphatic heterocycles. The molecule has 0 aromatic heterocycles. The van der Waals surface area contributed by atoms with Gasteiger partial charge in [-0.25, -0.2) is 0 Å². The summed E-state index contributed by atoms with van der Waals surface area (Å²) in [6, 6.07) is 0. The van der Waals surface area contributed by atoms with E-state index < -0.39 is 0 Å². The molecule has 1 saturated carbocycles. The molecule has 1 aliphatic carbocycles. The molecule has 6 nitrogen and oxygen atoms in total. The number of nitrogens with one attached hydrogen (secondary N) is 2. The molecular formula is C16H28N2O4. The molecule has 0 unspecified atom stereocenters. The quantitative estimate of drug-likeness (QED) is 0.469. The van der Waals surface area contributed by atoms with E-state index >= 15 is 0 Å². The van der Waals surface area contributed by atoms with E-state index in [-0.39, 0.29) is 29.6 Å². The maximum atomic E-state index is 11.8. The van der Waals surface area contributed by atoms with E-state index in [1.165, 1.54) is 7.11 Å². The fraction of sp³-hybridized carbons (Fsp3) is 0.812. The van der Waals surface area contributed by atoms with Crippen LogP contribution in [0.15, 0.2) is 0 Å². The highest BCUT2D eigenvalue weighted by atomic mass is 16.5. The number of hydrogen-bond donors (Lipinski definition) is 2. The molecular weight excluding hydrogens is 284 g/mol. The van der Waals surface area contributed by atoms with Crippen LogP contribution in [0.3, 0.4) is 0 Å². The molecule has 0 heterocycles. The van der Waals surface area contributed by atoms with Gasteiger partial charge in [0, 0.05) is 25.4 Å². The lowest BCUT2D eigenvalue weighted by molar-refractivity contribution is -0.146. The van der Waals surface area contributed by atoms with Crippen molar-refractivity contribution in [2.24, 2.45) is 17.8 Å². The van der Waals surface area contributed by atoms with E-state index in [4.69, 9.17) is 4.74 Å². The zero-order chi connectivity index (χ0) is 16.5. The highest BCUT2D eigenvalue weighted by molar-refractivity contribution is 5.81. The summed E-state index contributed by atoms with van der Waals surface area (Å²) < 4.78 is 4.76. The van der Waals surface area contributed by atoms with Gasteiger partial charge in [-0.3, -0.25) is 14.4 Å². The molecule has 0 radical (unpaired) electrons. The van der Waals surface area contributed by atoms with Gasteiger partial charge in [-0.15, -0.1) is 0 Å². The van der Waals surface area contributed by atoms with E-state index in [9.17, 15) is 14.4 Å². The molecule has 0 aromatic rings. The molecule has 1 rings (SSSR count). The van der Waals surface area contributed by atoms with E-state index in [1.54, 1.807) is 0 Å². The van der Waals surface area contributed by atoms with Crippen LogP contribution in [-0.2, 0) is 19.1 Å². The number of esters is 1. The number of ether oxygens (including phenoxy) is 1. The first-order valence-electron chi connectivity index (χ1n) is 8.06. The summed E-state index contributed by atoms with van der Waals surface area (Å²) in [7, 11) is 1.36.